The Morgan fingerprint density at radius 3 is 2.59 bits per heavy atom. The number of nitro groups is 1. The van der Waals surface area contributed by atoms with Crippen LogP contribution in [0.3, 0.4) is 0 Å². The number of carbonyl (C=O) groups excluding carboxylic acids is 1. The average Bonchev–Trinajstić information content (AvgIpc) is 2.72. The Labute approximate surface area is 173 Å². The normalized spacial score (nSPS) is 17.6. The molecule has 154 valence electrons. The van der Waals surface area contributed by atoms with Crippen LogP contribution in [-0.4, -0.2) is 36.7 Å². The highest BCUT2D eigenvalue weighted by atomic mass is 35.5. The van der Waals surface area contributed by atoms with Crippen molar-refractivity contribution >= 4 is 33.3 Å². The molecular weight excluding hydrogens is 420 g/mol. The number of benzene rings is 2. The summed E-state index contributed by atoms with van der Waals surface area (Å²) in [5, 5.41) is 11.5. The third kappa shape index (κ3) is 4.92. The first-order valence-electron chi connectivity index (χ1n) is 8.93. The summed E-state index contributed by atoms with van der Waals surface area (Å²) in [7, 11) is -3.75. The van der Waals surface area contributed by atoms with E-state index in [-0.39, 0.29) is 29.3 Å². The minimum absolute atomic E-state index is 0.000671. The van der Waals surface area contributed by atoms with E-state index in [1.165, 1.54) is 46.8 Å². The fourth-order valence-electron chi connectivity index (χ4n) is 3.19. The molecule has 0 amide bonds. The van der Waals surface area contributed by atoms with Gasteiger partial charge in [-0.3, -0.25) is 14.9 Å². The maximum atomic E-state index is 12.8. The fraction of sp³-hybridized carbons (Fsp3) is 0.316. The van der Waals surface area contributed by atoms with Crippen LogP contribution in [0.15, 0.2) is 53.4 Å². The predicted octanol–water partition coefficient (Wildman–Crippen LogP) is 3.39. The molecule has 1 aliphatic heterocycles. The van der Waals surface area contributed by atoms with Crippen molar-refractivity contribution < 1.29 is 22.9 Å². The molecule has 1 atom stereocenters. The summed E-state index contributed by atoms with van der Waals surface area (Å²) >= 11 is 5.82. The standard InChI is InChI=1S/C19H19ClN2O6S/c20-16-7-9-17(10-8-16)29(26,27)21-11-3-5-14(12-21)19(23)28-13-15-4-1-2-6-18(15)22(24)25/h1-2,4,6-10,14H,3,5,11-13H2. The van der Waals surface area contributed by atoms with Crippen LogP contribution in [-0.2, 0) is 26.2 Å². The van der Waals surface area contributed by atoms with Crippen molar-refractivity contribution in [2.24, 2.45) is 5.92 Å². The van der Waals surface area contributed by atoms with Gasteiger partial charge in [0.25, 0.3) is 5.69 Å². The van der Waals surface area contributed by atoms with Crippen molar-refractivity contribution in [1.82, 2.24) is 4.31 Å². The van der Waals surface area contributed by atoms with Gasteiger partial charge in [0.05, 0.1) is 21.3 Å². The smallest absolute Gasteiger partial charge is 0.310 e. The van der Waals surface area contributed by atoms with E-state index in [0.29, 0.717) is 24.4 Å². The molecule has 8 nitrogen and oxygen atoms in total. The molecule has 0 aromatic heterocycles. The van der Waals surface area contributed by atoms with Crippen LogP contribution in [0, 0.1) is 16.0 Å². The molecule has 29 heavy (non-hydrogen) atoms. The molecule has 1 fully saturated rings. The number of carbonyl (C=O) groups is 1. The molecule has 1 heterocycles. The van der Waals surface area contributed by atoms with E-state index in [1.807, 2.05) is 0 Å². The molecule has 0 radical (unpaired) electrons. The first-order valence-corrected chi connectivity index (χ1v) is 10.8. The summed E-state index contributed by atoms with van der Waals surface area (Å²) < 4.78 is 32.2. The number of hydrogen-bond donors (Lipinski definition) is 0. The van der Waals surface area contributed by atoms with Crippen LogP contribution >= 0.6 is 11.6 Å². The van der Waals surface area contributed by atoms with Crippen LogP contribution < -0.4 is 0 Å². The van der Waals surface area contributed by atoms with Gasteiger partial charge in [-0.15, -0.1) is 0 Å². The number of piperidine rings is 1. The van der Waals surface area contributed by atoms with Gasteiger partial charge in [-0.2, -0.15) is 4.31 Å². The molecular formula is C19H19ClN2O6S. The van der Waals surface area contributed by atoms with E-state index in [1.54, 1.807) is 6.07 Å². The number of nitrogens with zero attached hydrogens (tertiary/aromatic N) is 2. The van der Waals surface area contributed by atoms with Crippen molar-refractivity contribution in [1.29, 1.82) is 0 Å². The largest absolute Gasteiger partial charge is 0.460 e. The van der Waals surface area contributed by atoms with Crippen LogP contribution in [0.25, 0.3) is 0 Å². The van der Waals surface area contributed by atoms with Crippen molar-refractivity contribution in [3.8, 4) is 0 Å². The summed E-state index contributed by atoms with van der Waals surface area (Å²) in [6.45, 7) is 0.0655. The van der Waals surface area contributed by atoms with Gasteiger partial charge in [-0.05, 0) is 43.2 Å². The lowest BCUT2D eigenvalue weighted by molar-refractivity contribution is -0.385. The number of ether oxygens (including phenoxy) is 1. The number of halogens is 1. The topological polar surface area (TPSA) is 107 Å². The molecule has 0 N–H and O–H groups in total. The van der Waals surface area contributed by atoms with Crippen molar-refractivity contribution in [3.05, 3.63) is 69.2 Å². The van der Waals surface area contributed by atoms with Gasteiger partial charge in [0, 0.05) is 24.2 Å². The Hall–Kier alpha value is -2.49. The van der Waals surface area contributed by atoms with Crippen molar-refractivity contribution in [3.63, 3.8) is 0 Å². The second-order valence-corrected chi connectivity index (χ2v) is 9.02. The molecule has 0 aliphatic carbocycles. The zero-order valence-corrected chi connectivity index (χ0v) is 16.9. The first-order chi connectivity index (χ1) is 13.8. The minimum Gasteiger partial charge on any atom is -0.460 e. The highest BCUT2D eigenvalue weighted by molar-refractivity contribution is 7.89. The third-order valence-corrected chi connectivity index (χ3v) is 6.86. The summed E-state index contributed by atoms with van der Waals surface area (Å²) in [6.07, 6.45) is 1.00. The van der Waals surface area contributed by atoms with Gasteiger partial charge in [0.1, 0.15) is 6.61 Å². The molecule has 2 aromatic rings. The molecule has 10 heteroatoms. The zero-order valence-electron chi connectivity index (χ0n) is 15.4. The second-order valence-electron chi connectivity index (χ2n) is 6.65. The van der Waals surface area contributed by atoms with Gasteiger partial charge in [-0.1, -0.05) is 23.7 Å². The van der Waals surface area contributed by atoms with E-state index in [9.17, 15) is 23.3 Å². The number of para-hydroxylation sites is 1. The maximum absolute atomic E-state index is 12.8. The molecule has 0 saturated carbocycles. The van der Waals surface area contributed by atoms with E-state index in [0.717, 1.165) is 0 Å². The first kappa shape index (κ1) is 21.2. The van der Waals surface area contributed by atoms with E-state index in [4.69, 9.17) is 16.3 Å². The Bertz CT molecular complexity index is 1010. The van der Waals surface area contributed by atoms with Crippen molar-refractivity contribution in [2.45, 2.75) is 24.3 Å². The molecule has 3 rings (SSSR count). The maximum Gasteiger partial charge on any atom is 0.310 e. The highest BCUT2D eigenvalue weighted by Gasteiger charge is 2.34. The summed E-state index contributed by atoms with van der Waals surface area (Å²) in [5.41, 5.74) is 0.156. The Morgan fingerprint density at radius 1 is 1.21 bits per heavy atom. The monoisotopic (exact) mass is 438 g/mol. The van der Waals surface area contributed by atoms with Crippen LogP contribution in [0.2, 0.25) is 5.02 Å². The summed E-state index contributed by atoms with van der Waals surface area (Å²) in [4.78, 5) is 23.1. The van der Waals surface area contributed by atoms with Gasteiger partial charge in [-0.25, -0.2) is 8.42 Å². The molecule has 1 saturated heterocycles. The molecule has 1 unspecified atom stereocenters. The van der Waals surface area contributed by atoms with E-state index < -0.39 is 26.8 Å². The quantitative estimate of drug-likeness (QED) is 0.388. The van der Waals surface area contributed by atoms with Gasteiger partial charge in [0.15, 0.2) is 0 Å². The van der Waals surface area contributed by atoms with Gasteiger partial charge >= 0.3 is 5.97 Å². The van der Waals surface area contributed by atoms with Gasteiger partial charge in [0.2, 0.25) is 10.0 Å². The molecule has 1 aliphatic rings. The van der Waals surface area contributed by atoms with E-state index >= 15 is 0 Å². The molecule has 2 aromatic carbocycles. The van der Waals surface area contributed by atoms with Crippen LogP contribution in [0.4, 0.5) is 5.69 Å². The lowest BCUT2D eigenvalue weighted by Crippen LogP contribution is -2.42. The Kier molecular flexibility index (Phi) is 6.51. The lowest BCUT2D eigenvalue weighted by atomic mass is 10.00. The third-order valence-electron chi connectivity index (χ3n) is 4.73. The molecule has 0 spiro atoms. The van der Waals surface area contributed by atoms with Crippen LogP contribution in [0.1, 0.15) is 18.4 Å². The number of sulfonamides is 1. The minimum atomic E-state index is -3.75. The van der Waals surface area contributed by atoms with Crippen LogP contribution in [0.5, 0.6) is 0 Å². The zero-order chi connectivity index (χ0) is 21.0. The highest BCUT2D eigenvalue weighted by Crippen LogP contribution is 2.26. The number of esters is 1. The van der Waals surface area contributed by atoms with E-state index in [2.05, 4.69) is 0 Å². The predicted molar refractivity (Wildman–Crippen MR) is 106 cm³/mol. The van der Waals surface area contributed by atoms with Crippen molar-refractivity contribution in [2.75, 3.05) is 13.1 Å². The Balaban J connectivity index is 1.67. The Morgan fingerprint density at radius 2 is 1.90 bits per heavy atom. The summed E-state index contributed by atoms with van der Waals surface area (Å²) in [6, 6.07) is 11.9. The number of hydrogen-bond acceptors (Lipinski definition) is 6. The number of nitro benzene ring substituents is 1. The SMILES string of the molecule is O=C(OCc1ccccc1[N+](=O)[O-])C1CCCN(S(=O)(=O)c2ccc(Cl)cc2)C1. The summed E-state index contributed by atoms with van der Waals surface area (Å²) in [5.74, 6) is -1.20. The molecule has 0 bridgehead atoms. The lowest BCUT2D eigenvalue weighted by Gasteiger charge is -2.30. The average molecular weight is 439 g/mol. The fourth-order valence-corrected chi connectivity index (χ4v) is 4.84. The number of rotatable bonds is 6. The van der Waals surface area contributed by atoms with Gasteiger partial charge < -0.3 is 4.74 Å². The second kappa shape index (κ2) is 8.89.